The summed E-state index contributed by atoms with van der Waals surface area (Å²) in [6, 6.07) is 5.15. The molecule has 2 heterocycles. The van der Waals surface area contributed by atoms with Gasteiger partial charge in [0.25, 0.3) is 0 Å². The van der Waals surface area contributed by atoms with Crippen molar-refractivity contribution in [1.29, 1.82) is 0 Å². The third kappa shape index (κ3) is 5.56. The van der Waals surface area contributed by atoms with Gasteiger partial charge in [0.15, 0.2) is 5.96 Å². The van der Waals surface area contributed by atoms with E-state index in [1.54, 1.807) is 23.0 Å². The van der Waals surface area contributed by atoms with Crippen molar-refractivity contribution in [2.75, 3.05) is 26.2 Å². The van der Waals surface area contributed by atoms with Crippen molar-refractivity contribution < 1.29 is 9.18 Å². The lowest BCUT2D eigenvalue weighted by molar-refractivity contribution is -0.127. The Bertz CT molecular complexity index is 863. The van der Waals surface area contributed by atoms with Crippen molar-refractivity contribution in [1.82, 2.24) is 25.1 Å². The summed E-state index contributed by atoms with van der Waals surface area (Å²) < 4.78 is 16.3. The van der Waals surface area contributed by atoms with Gasteiger partial charge < -0.3 is 20.1 Å². The minimum absolute atomic E-state index is 0.252. The van der Waals surface area contributed by atoms with Crippen molar-refractivity contribution in [3.8, 4) is 5.69 Å². The van der Waals surface area contributed by atoms with Crippen LogP contribution in [0.1, 0.15) is 37.6 Å². The van der Waals surface area contributed by atoms with E-state index in [1.165, 1.54) is 6.07 Å². The first kappa shape index (κ1) is 20.8. The van der Waals surface area contributed by atoms with E-state index in [1.807, 2.05) is 24.8 Å². The molecule has 1 aliphatic heterocycles. The molecule has 0 radical (unpaired) electrons. The second-order valence-corrected chi connectivity index (χ2v) is 7.09. The zero-order valence-corrected chi connectivity index (χ0v) is 17.1. The molecule has 3 rings (SSSR count). The van der Waals surface area contributed by atoms with Crippen LogP contribution in [0.4, 0.5) is 4.39 Å². The fraction of sp³-hybridized carbons (Fsp3) is 0.476. The number of aliphatic imine (C=N–C) groups is 1. The molecule has 1 aromatic heterocycles. The van der Waals surface area contributed by atoms with Crippen molar-refractivity contribution in [2.24, 2.45) is 4.99 Å². The molecule has 7 nitrogen and oxygen atoms in total. The van der Waals surface area contributed by atoms with Gasteiger partial charge in [0.1, 0.15) is 11.6 Å². The Morgan fingerprint density at radius 2 is 2.21 bits per heavy atom. The summed E-state index contributed by atoms with van der Waals surface area (Å²) in [4.78, 5) is 22.2. The van der Waals surface area contributed by atoms with E-state index in [2.05, 4.69) is 20.6 Å². The van der Waals surface area contributed by atoms with Crippen LogP contribution >= 0.6 is 0 Å². The number of nitrogens with zero attached hydrogens (tertiary/aromatic N) is 4. The van der Waals surface area contributed by atoms with Gasteiger partial charge in [0, 0.05) is 45.0 Å². The first-order chi connectivity index (χ1) is 14.1. The summed E-state index contributed by atoms with van der Waals surface area (Å²) in [6.45, 7) is 7.32. The number of halogens is 1. The number of carbonyl (C=O) groups excluding carboxylic acids is 1. The Morgan fingerprint density at radius 1 is 1.34 bits per heavy atom. The molecule has 1 saturated heterocycles. The summed E-state index contributed by atoms with van der Waals surface area (Å²) in [6.07, 6.45) is 5.90. The maximum absolute atomic E-state index is 14.5. The molecule has 1 amide bonds. The number of rotatable bonds is 8. The Kier molecular flexibility index (Phi) is 7.21. The highest BCUT2D eigenvalue weighted by atomic mass is 19.1. The number of guanidine groups is 1. The highest BCUT2D eigenvalue weighted by molar-refractivity contribution is 5.79. The van der Waals surface area contributed by atoms with Gasteiger partial charge in [0.05, 0.1) is 12.2 Å². The third-order valence-corrected chi connectivity index (χ3v) is 4.93. The van der Waals surface area contributed by atoms with Crippen molar-refractivity contribution in [3.05, 3.63) is 47.8 Å². The van der Waals surface area contributed by atoms with Gasteiger partial charge in [-0.3, -0.25) is 4.79 Å². The number of imidazole rings is 1. The monoisotopic (exact) mass is 400 g/mol. The molecule has 0 aliphatic carbocycles. The maximum atomic E-state index is 14.5. The highest BCUT2D eigenvalue weighted by Crippen LogP contribution is 2.17. The summed E-state index contributed by atoms with van der Waals surface area (Å²) in [5, 5.41) is 6.48. The number of hydrogen-bond acceptors (Lipinski definition) is 3. The number of amides is 1. The maximum Gasteiger partial charge on any atom is 0.222 e. The number of aromatic nitrogens is 2. The summed E-state index contributed by atoms with van der Waals surface area (Å²) in [5.41, 5.74) is 1.28. The van der Waals surface area contributed by atoms with E-state index in [4.69, 9.17) is 0 Å². The Balaban J connectivity index is 1.54. The minimum Gasteiger partial charge on any atom is -0.357 e. The lowest BCUT2D eigenvalue weighted by atomic mass is 10.2. The molecule has 1 aromatic carbocycles. The number of benzene rings is 1. The van der Waals surface area contributed by atoms with Crippen LogP contribution in [0.5, 0.6) is 0 Å². The van der Waals surface area contributed by atoms with E-state index < -0.39 is 0 Å². The van der Waals surface area contributed by atoms with E-state index in [0.717, 1.165) is 50.4 Å². The van der Waals surface area contributed by atoms with Gasteiger partial charge in [-0.25, -0.2) is 14.4 Å². The zero-order valence-electron chi connectivity index (χ0n) is 17.1. The van der Waals surface area contributed by atoms with Crippen LogP contribution in [-0.2, 0) is 11.3 Å². The number of likely N-dealkylation sites (tertiary alicyclic amines) is 1. The van der Waals surface area contributed by atoms with Crippen LogP contribution in [-0.4, -0.2) is 52.5 Å². The molecule has 2 aromatic rings. The molecule has 0 spiro atoms. The molecule has 8 heteroatoms. The van der Waals surface area contributed by atoms with Crippen molar-refractivity contribution in [2.45, 2.75) is 39.7 Å². The van der Waals surface area contributed by atoms with Crippen molar-refractivity contribution in [3.63, 3.8) is 0 Å². The molecule has 0 atom stereocenters. The predicted molar refractivity (Wildman–Crippen MR) is 112 cm³/mol. The molecule has 0 saturated carbocycles. The summed E-state index contributed by atoms with van der Waals surface area (Å²) >= 11 is 0. The fourth-order valence-electron chi connectivity index (χ4n) is 3.41. The molecule has 1 aliphatic rings. The van der Waals surface area contributed by atoms with Crippen LogP contribution in [0.2, 0.25) is 0 Å². The average Bonchev–Trinajstić information content (AvgIpc) is 3.31. The van der Waals surface area contributed by atoms with Gasteiger partial charge in [-0.2, -0.15) is 0 Å². The third-order valence-electron chi connectivity index (χ3n) is 4.93. The van der Waals surface area contributed by atoms with E-state index >= 15 is 0 Å². The normalized spacial score (nSPS) is 14.5. The molecule has 0 unspecified atom stereocenters. The van der Waals surface area contributed by atoms with E-state index in [0.29, 0.717) is 24.6 Å². The van der Waals surface area contributed by atoms with Gasteiger partial charge in [0.2, 0.25) is 5.91 Å². The summed E-state index contributed by atoms with van der Waals surface area (Å²) in [7, 11) is 0. The van der Waals surface area contributed by atoms with Gasteiger partial charge in [-0.1, -0.05) is 6.07 Å². The molecule has 1 fully saturated rings. The van der Waals surface area contributed by atoms with Crippen LogP contribution in [0, 0.1) is 12.7 Å². The van der Waals surface area contributed by atoms with E-state index in [9.17, 15) is 9.18 Å². The lowest BCUT2D eigenvalue weighted by Crippen LogP contribution is -2.39. The second-order valence-electron chi connectivity index (χ2n) is 7.09. The van der Waals surface area contributed by atoms with Gasteiger partial charge >= 0.3 is 0 Å². The summed E-state index contributed by atoms with van der Waals surface area (Å²) in [5.74, 6) is 1.38. The van der Waals surface area contributed by atoms with Crippen LogP contribution in [0.15, 0.2) is 35.6 Å². The molecule has 2 N–H and O–H groups in total. The fourth-order valence-corrected chi connectivity index (χ4v) is 3.41. The van der Waals surface area contributed by atoms with Gasteiger partial charge in [-0.05, 0) is 44.4 Å². The Morgan fingerprint density at radius 3 is 2.86 bits per heavy atom. The Hall–Kier alpha value is -2.90. The zero-order chi connectivity index (χ0) is 20.6. The number of carbonyl (C=O) groups is 1. The number of aryl methyl sites for hydroxylation is 1. The highest BCUT2D eigenvalue weighted by Gasteiger charge is 2.18. The molecular formula is C21H29FN6O. The average molecular weight is 401 g/mol. The molecule has 156 valence electrons. The smallest absolute Gasteiger partial charge is 0.222 e. The van der Waals surface area contributed by atoms with E-state index in [-0.39, 0.29) is 11.7 Å². The standard InChI is InChI=1S/C21H29FN6O/c1-3-23-21(25-9-5-12-27-11-4-6-20(27)29)26-15-17-7-8-19(18(22)14-17)28-13-10-24-16(28)2/h7-8,10,13-14H,3-6,9,11-12,15H2,1-2H3,(H2,23,25,26). The van der Waals surface area contributed by atoms with Gasteiger partial charge in [-0.15, -0.1) is 0 Å². The number of hydrogen-bond donors (Lipinski definition) is 2. The first-order valence-corrected chi connectivity index (χ1v) is 10.2. The second kappa shape index (κ2) is 10.0. The quantitative estimate of drug-likeness (QED) is 0.405. The van der Waals surface area contributed by atoms with Crippen LogP contribution < -0.4 is 10.6 Å². The predicted octanol–water partition coefficient (Wildman–Crippen LogP) is 2.39. The molecule has 0 bridgehead atoms. The Labute approximate surface area is 171 Å². The van der Waals surface area contributed by atoms with Crippen molar-refractivity contribution >= 4 is 11.9 Å². The lowest BCUT2D eigenvalue weighted by Gasteiger charge is -2.16. The first-order valence-electron chi connectivity index (χ1n) is 10.2. The minimum atomic E-state index is -0.299. The molecule has 29 heavy (non-hydrogen) atoms. The topological polar surface area (TPSA) is 74.6 Å². The van der Waals surface area contributed by atoms with Crippen LogP contribution in [0.3, 0.4) is 0 Å². The van der Waals surface area contributed by atoms with Crippen LogP contribution in [0.25, 0.3) is 5.69 Å². The molecular weight excluding hydrogens is 371 g/mol. The largest absolute Gasteiger partial charge is 0.357 e. The SMILES string of the molecule is CCNC(=NCc1ccc(-n2ccnc2C)c(F)c1)NCCCN1CCCC1=O. The number of nitrogens with one attached hydrogen (secondary N) is 2.